The Kier molecular flexibility index (Phi) is 5.81. The molecule has 0 spiro atoms. The van der Waals surface area contributed by atoms with Gasteiger partial charge in [-0.3, -0.25) is 9.69 Å². The van der Waals surface area contributed by atoms with Gasteiger partial charge < -0.3 is 9.84 Å². The first-order chi connectivity index (χ1) is 16.5. The Morgan fingerprint density at radius 2 is 1.79 bits per heavy atom. The predicted molar refractivity (Wildman–Crippen MR) is 133 cm³/mol. The number of esters is 1. The van der Waals surface area contributed by atoms with Crippen LogP contribution in [0.5, 0.6) is 0 Å². The van der Waals surface area contributed by atoms with Gasteiger partial charge in [0.2, 0.25) is 0 Å². The molecule has 1 N–H and O–H groups in total. The van der Waals surface area contributed by atoms with E-state index < -0.39 is 23.7 Å². The van der Waals surface area contributed by atoms with E-state index in [1.807, 2.05) is 54.6 Å². The van der Waals surface area contributed by atoms with Gasteiger partial charge in [-0.2, -0.15) is 0 Å². The Labute approximate surface area is 204 Å². The second-order valence-corrected chi connectivity index (χ2v) is 9.10. The third kappa shape index (κ3) is 3.83. The van der Waals surface area contributed by atoms with Crippen LogP contribution in [0.4, 0.5) is 5.13 Å². The van der Waals surface area contributed by atoms with E-state index in [-0.39, 0.29) is 12.2 Å². The fraction of sp³-hybridized carbons (Fsp3) is 0.115. The lowest BCUT2D eigenvalue weighted by atomic mass is 9.96. The van der Waals surface area contributed by atoms with Crippen molar-refractivity contribution in [3.63, 3.8) is 0 Å². The molecule has 0 radical (unpaired) electrons. The number of nitrogens with zero attached hydrogens (tertiary/aromatic N) is 2. The Morgan fingerprint density at radius 3 is 2.50 bits per heavy atom. The zero-order valence-electron chi connectivity index (χ0n) is 18.1. The van der Waals surface area contributed by atoms with E-state index in [0.717, 1.165) is 15.8 Å². The molecule has 6 nitrogen and oxygen atoms in total. The summed E-state index contributed by atoms with van der Waals surface area (Å²) in [4.78, 5) is 31.9. The molecule has 1 atom stereocenters. The summed E-state index contributed by atoms with van der Waals surface area (Å²) in [7, 11) is 0. The normalized spacial score (nSPS) is 15.9. The van der Waals surface area contributed by atoms with Gasteiger partial charge in [0, 0.05) is 5.02 Å². The molecule has 0 bridgehead atoms. The number of fused-ring (bicyclic) bond motifs is 1. The van der Waals surface area contributed by atoms with Crippen molar-refractivity contribution in [2.24, 2.45) is 0 Å². The second kappa shape index (κ2) is 8.93. The molecule has 1 aromatic heterocycles. The lowest BCUT2D eigenvalue weighted by Crippen LogP contribution is -2.31. The van der Waals surface area contributed by atoms with Gasteiger partial charge in [0.05, 0.1) is 16.8 Å². The number of carbonyl (C=O) groups is 2. The van der Waals surface area contributed by atoms with E-state index in [1.54, 1.807) is 25.1 Å². The summed E-state index contributed by atoms with van der Waals surface area (Å²) in [6, 6.07) is 21.8. The summed E-state index contributed by atoms with van der Waals surface area (Å²) in [6.45, 7) is 1.79. The first kappa shape index (κ1) is 22.1. The van der Waals surface area contributed by atoms with E-state index in [9.17, 15) is 14.7 Å². The first-order valence-corrected chi connectivity index (χ1v) is 11.8. The minimum absolute atomic E-state index is 0.100. The number of aromatic nitrogens is 1. The van der Waals surface area contributed by atoms with Gasteiger partial charge in [-0.15, -0.1) is 0 Å². The smallest absolute Gasteiger partial charge is 0.340 e. The lowest BCUT2D eigenvalue weighted by molar-refractivity contribution is -0.139. The van der Waals surface area contributed by atoms with Gasteiger partial charge >= 0.3 is 5.97 Å². The predicted octanol–water partition coefficient (Wildman–Crippen LogP) is 6.08. The van der Waals surface area contributed by atoms with E-state index in [2.05, 4.69) is 4.98 Å². The number of halogens is 1. The molecule has 34 heavy (non-hydrogen) atoms. The highest BCUT2D eigenvalue weighted by atomic mass is 35.5. The van der Waals surface area contributed by atoms with Crippen molar-refractivity contribution < 1.29 is 19.4 Å². The molecular weight excluding hydrogens is 472 g/mol. The standard InChI is InChI=1S/C26H19ClN2O4S/c1-2-33-25(32)21-22(17-10-8-16(9-11-17)15-6-4-3-5-7-15)29(24(31)23(21)30)26-28-19-13-12-18(27)14-20(19)34-26/h3-14,22,30H,2H2,1H3. The Bertz CT molecular complexity index is 1430. The van der Waals surface area contributed by atoms with Gasteiger partial charge in [0.1, 0.15) is 11.6 Å². The van der Waals surface area contributed by atoms with Crippen LogP contribution >= 0.6 is 22.9 Å². The largest absolute Gasteiger partial charge is 0.503 e. The summed E-state index contributed by atoms with van der Waals surface area (Å²) >= 11 is 7.38. The second-order valence-electron chi connectivity index (χ2n) is 7.66. The minimum atomic E-state index is -0.882. The van der Waals surface area contributed by atoms with Gasteiger partial charge in [-0.1, -0.05) is 77.5 Å². The molecule has 0 saturated heterocycles. The Morgan fingerprint density at radius 1 is 1.09 bits per heavy atom. The third-order valence-corrected chi connectivity index (χ3v) is 6.83. The van der Waals surface area contributed by atoms with Crippen molar-refractivity contribution in [1.29, 1.82) is 0 Å². The topological polar surface area (TPSA) is 79.7 Å². The zero-order chi connectivity index (χ0) is 23.8. The number of amides is 1. The minimum Gasteiger partial charge on any atom is -0.503 e. The summed E-state index contributed by atoms with van der Waals surface area (Å²) in [5.74, 6) is -2.07. The van der Waals surface area contributed by atoms with Crippen LogP contribution in [-0.4, -0.2) is 28.6 Å². The van der Waals surface area contributed by atoms with Crippen molar-refractivity contribution in [3.05, 3.63) is 94.7 Å². The number of hydrogen-bond acceptors (Lipinski definition) is 6. The third-order valence-electron chi connectivity index (χ3n) is 5.58. The number of rotatable bonds is 5. The quantitative estimate of drug-likeness (QED) is 0.343. The molecule has 1 amide bonds. The molecule has 3 aromatic carbocycles. The maximum absolute atomic E-state index is 13.2. The fourth-order valence-corrected chi connectivity index (χ4v) is 5.28. The van der Waals surface area contributed by atoms with Crippen molar-refractivity contribution in [1.82, 2.24) is 4.98 Å². The molecule has 1 unspecified atom stereocenters. The van der Waals surface area contributed by atoms with Crippen LogP contribution in [0.1, 0.15) is 18.5 Å². The molecule has 4 aromatic rings. The monoisotopic (exact) mass is 490 g/mol. The molecule has 170 valence electrons. The number of hydrogen-bond donors (Lipinski definition) is 1. The number of thiazole rings is 1. The van der Waals surface area contributed by atoms with Crippen LogP contribution in [0.15, 0.2) is 84.1 Å². The van der Waals surface area contributed by atoms with Gasteiger partial charge in [-0.05, 0) is 41.8 Å². The summed E-state index contributed by atoms with van der Waals surface area (Å²) in [5, 5.41) is 11.6. The summed E-state index contributed by atoms with van der Waals surface area (Å²) in [5.41, 5.74) is 3.25. The van der Waals surface area contributed by atoms with Crippen LogP contribution in [-0.2, 0) is 14.3 Å². The van der Waals surface area contributed by atoms with Crippen LogP contribution < -0.4 is 4.90 Å². The van der Waals surface area contributed by atoms with Gasteiger partial charge in [0.15, 0.2) is 10.9 Å². The van der Waals surface area contributed by atoms with Crippen LogP contribution in [0.3, 0.4) is 0 Å². The molecule has 0 fully saturated rings. The zero-order valence-corrected chi connectivity index (χ0v) is 19.6. The van der Waals surface area contributed by atoms with Crippen molar-refractivity contribution in [2.75, 3.05) is 11.5 Å². The van der Waals surface area contributed by atoms with Crippen LogP contribution in [0, 0.1) is 0 Å². The lowest BCUT2D eigenvalue weighted by Gasteiger charge is -2.24. The molecule has 2 heterocycles. The fourth-order valence-electron chi connectivity index (χ4n) is 4.01. The summed E-state index contributed by atoms with van der Waals surface area (Å²) in [6.07, 6.45) is 0. The number of benzene rings is 3. The highest BCUT2D eigenvalue weighted by Crippen LogP contribution is 2.44. The Balaban J connectivity index is 1.62. The van der Waals surface area contributed by atoms with Crippen molar-refractivity contribution in [3.8, 4) is 11.1 Å². The van der Waals surface area contributed by atoms with Crippen LogP contribution in [0.25, 0.3) is 21.3 Å². The Hall–Kier alpha value is -3.68. The first-order valence-electron chi connectivity index (χ1n) is 10.6. The van der Waals surface area contributed by atoms with Crippen molar-refractivity contribution in [2.45, 2.75) is 13.0 Å². The van der Waals surface area contributed by atoms with E-state index in [4.69, 9.17) is 16.3 Å². The highest BCUT2D eigenvalue weighted by molar-refractivity contribution is 7.22. The van der Waals surface area contributed by atoms with E-state index >= 15 is 0 Å². The molecule has 8 heteroatoms. The number of carbonyl (C=O) groups excluding carboxylic acids is 2. The summed E-state index contributed by atoms with van der Waals surface area (Å²) < 4.78 is 5.97. The number of anilines is 1. The maximum Gasteiger partial charge on any atom is 0.340 e. The molecule has 0 saturated carbocycles. The highest BCUT2D eigenvalue weighted by Gasteiger charge is 2.46. The molecule has 1 aliphatic heterocycles. The maximum atomic E-state index is 13.2. The van der Waals surface area contributed by atoms with Crippen molar-refractivity contribution >= 4 is 50.2 Å². The van der Waals surface area contributed by atoms with Crippen LogP contribution in [0.2, 0.25) is 5.02 Å². The molecule has 5 rings (SSSR count). The molecular formula is C26H19ClN2O4S. The molecule has 0 aliphatic carbocycles. The number of aliphatic hydroxyl groups is 1. The number of aliphatic hydroxyl groups excluding tert-OH is 1. The van der Waals surface area contributed by atoms with E-state index in [1.165, 1.54) is 16.2 Å². The average Bonchev–Trinajstić information content (AvgIpc) is 3.37. The SMILES string of the molecule is CCOC(=O)C1=C(O)C(=O)N(c2nc3ccc(Cl)cc3s2)C1c1ccc(-c2ccccc2)cc1. The van der Waals surface area contributed by atoms with Gasteiger partial charge in [-0.25, -0.2) is 9.78 Å². The van der Waals surface area contributed by atoms with E-state index in [0.29, 0.717) is 21.2 Å². The van der Waals surface area contributed by atoms with Gasteiger partial charge in [0.25, 0.3) is 5.91 Å². The molecule has 1 aliphatic rings. The number of ether oxygens (including phenoxy) is 1. The average molecular weight is 491 g/mol.